The van der Waals surface area contributed by atoms with Crippen LogP contribution >= 0.6 is 11.8 Å². The van der Waals surface area contributed by atoms with Gasteiger partial charge in [0.15, 0.2) is 0 Å². The van der Waals surface area contributed by atoms with Crippen LogP contribution < -0.4 is 10.5 Å². The highest BCUT2D eigenvalue weighted by molar-refractivity contribution is 7.98. The third kappa shape index (κ3) is 3.95. The van der Waals surface area contributed by atoms with E-state index in [1.54, 1.807) is 41.9 Å². The number of hydrogen-bond acceptors (Lipinski definition) is 5. The first kappa shape index (κ1) is 20.2. The number of H-pyrrole nitrogens is 1. The highest BCUT2D eigenvalue weighted by atomic mass is 32.2. The lowest BCUT2D eigenvalue weighted by atomic mass is 10.1. The van der Waals surface area contributed by atoms with E-state index in [-0.39, 0.29) is 30.3 Å². The van der Waals surface area contributed by atoms with Crippen LogP contribution in [0.2, 0.25) is 0 Å². The fourth-order valence-corrected chi connectivity index (χ4v) is 4.12. The van der Waals surface area contributed by atoms with E-state index in [2.05, 4.69) is 9.97 Å². The smallest absolute Gasteiger partial charge is 0.258 e. The van der Waals surface area contributed by atoms with Crippen molar-refractivity contribution in [1.82, 2.24) is 14.9 Å². The Kier molecular flexibility index (Phi) is 5.59. The molecule has 1 N–H and O–H groups in total. The molecule has 1 atom stereocenters. The van der Waals surface area contributed by atoms with Gasteiger partial charge in [-0.1, -0.05) is 12.1 Å². The zero-order valence-corrected chi connectivity index (χ0v) is 17.6. The largest absolute Gasteiger partial charge is 0.338 e. The van der Waals surface area contributed by atoms with Crippen molar-refractivity contribution in [2.75, 3.05) is 24.7 Å². The number of carbonyl (C=O) groups is 2. The quantitative estimate of drug-likeness (QED) is 0.639. The fourth-order valence-electron chi connectivity index (χ4n) is 3.71. The molecule has 2 heterocycles. The van der Waals surface area contributed by atoms with E-state index in [4.69, 9.17) is 0 Å². The molecule has 1 saturated heterocycles. The number of benzene rings is 2. The molecule has 30 heavy (non-hydrogen) atoms. The number of nitrogens with zero attached hydrogens (tertiary/aromatic N) is 3. The molecule has 1 aromatic heterocycles. The maximum atomic E-state index is 12.9. The minimum absolute atomic E-state index is 0.0594. The summed E-state index contributed by atoms with van der Waals surface area (Å²) in [6, 6.07) is 14.8. The summed E-state index contributed by atoms with van der Waals surface area (Å²) in [4.78, 5) is 49.2. The van der Waals surface area contributed by atoms with Gasteiger partial charge in [-0.2, -0.15) is 0 Å². The van der Waals surface area contributed by atoms with Gasteiger partial charge in [-0.3, -0.25) is 14.4 Å². The van der Waals surface area contributed by atoms with Crippen LogP contribution in [0.15, 0.2) is 58.2 Å². The lowest BCUT2D eigenvalue weighted by Gasteiger charge is -2.21. The average Bonchev–Trinajstić information content (AvgIpc) is 3.14. The summed E-state index contributed by atoms with van der Waals surface area (Å²) in [5, 5.41) is 0.514. The molecular weight excluding hydrogens is 400 g/mol. The van der Waals surface area contributed by atoms with Gasteiger partial charge < -0.3 is 14.8 Å². The highest BCUT2D eigenvalue weighted by Gasteiger charge is 2.36. The fraction of sp³-hybridized carbons (Fsp3) is 0.273. The lowest BCUT2D eigenvalue weighted by molar-refractivity contribution is -0.135. The summed E-state index contributed by atoms with van der Waals surface area (Å²) in [5.74, 6) is -0.198. The van der Waals surface area contributed by atoms with Gasteiger partial charge >= 0.3 is 0 Å². The summed E-state index contributed by atoms with van der Waals surface area (Å²) < 4.78 is 0. The molecule has 1 fully saturated rings. The number of carbonyl (C=O) groups excluding carboxylic acids is 2. The number of aromatic amines is 1. The second kappa shape index (κ2) is 8.31. The normalized spacial score (nSPS) is 16.3. The van der Waals surface area contributed by atoms with Gasteiger partial charge in [0.05, 0.1) is 23.4 Å². The van der Waals surface area contributed by atoms with Gasteiger partial charge in [0.2, 0.25) is 11.8 Å². The molecule has 7 nitrogen and oxygen atoms in total. The number of fused-ring (bicyclic) bond motifs is 1. The molecule has 4 rings (SSSR count). The van der Waals surface area contributed by atoms with Gasteiger partial charge in [-0.25, -0.2) is 4.98 Å². The second-order valence-corrected chi connectivity index (χ2v) is 8.21. The number of para-hydroxylation sites is 1. The first-order valence-corrected chi connectivity index (χ1v) is 10.9. The van der Waals surface area contributed by atoms with Crippen molar-refractivity contribution in [2.45, 2.75) is 17.9 Å². The van der Waals surface area contributed by atoms with E-state index in [0.717, 1.165) is 10.6 Å². The van der Waals surface area contributed by atoms with E-state index in [9.17, 15) is 14.4 Å². The molecule has 0 spiro atoms. The average molecular weight is 423 g/mol. The topological polar surface area (TPSA) is 86.4 Å². The first-order valence-electron chi connectivity index (χ1n) is 9.63. The van der Waals surface area contributed by atoms with Crippen LogP contribution in [0, 0.1) is 5.92 Å². The van der Waals surface area contributed by atoms with Crippen LogP contribution in [-0.2, 0) is 16.1 Å². The number of thioether (sulfide) groups is 1. The van der Waals surface area contributed by atoms with Gasteiger partial charge in [0.25, 0.3) is 5.56 Å². The van der Waals surface area contributed by atoms with E-state index in [1.807, 2.05) is 36.6 Å². The van der Waals surface area contributed by atoms with Crippen molar-refractivity contribution >= 4 is 40.2 Å². The van der Waals surface area contributed by atoms with Crippen LogP contribution in [0.3, 0.4) is 0 Å². The Morgan fingerprint density at radius 3 is 2.67 bits per heavy atom. The molecule has 2 amide bonds. The lowest BCUT2D eigenvalue weighted by Crippen LogP contribution is -2.35. The minimum Gasteiger partial charge on any atom is -0.338 e. The molecule has 0 saturated carbocycles. The van der Waals surface area contributed by atoms with Crippen LogP contribution in [0.25, 0.3) is 10.9 Å². The summed E-state index contributed by atoms with van der Waals surface area (Å²) in [6.07, 6.45) is 2.17. The number of amides is 2. The molecule has 0 bridgehead atoms. The zero-order chi connectivity index (χ0) is 21.3. The Labute approximate surface area is 178 Å². The maximum Gasteiger partial charge on any atom is 0.258 e. The number of anilines is 1. The molecule has 0 radical (unpaired) electrons. The predicted molar refractivity (Wildman–Crippen MR) is 118 cm³/mol. The van der Waals surface area contributed by atoms with Crippen molar-refractivity contribution in [3.05, 3.63) is 64.7 Å². The monoisotopic (exact) mass is 422 g/mol. The van der Waals surface area contributed by atoms with Gasteiger partial charge in [0, 0.05) is 30.6 Å². The molecular formula is C22H22N4O3S. The third-order valence-electron chi connectivity index (χ3n) is 5.28. The molecule has 1 aliphatic rings. The highest BCUT2D eigenvalue weighted by Crippen LogP contribution is 2.28. The molecule has 2 aromatic carbocycles. The van der Waals surface area contributed by atoms with Crippen molar-refractivity contribution in [1.29, 1.82) is 0 Å². The Balaban J connectivity index is 1.46. The molecule has 1 aliphatic heterocycles. The van der Waals surface area contributed by atoms with Crippen LogP contribution in [-0.4, -0.2) is 46.5 Å². The number of hydrogen-bond donors (Lipinski definition) is 1. The van der Waals surface area contributed by atoms with E-state index in [1.165, 1.54) is 4.90 Å². The molecule has 0 unspecified atom stereocenters. The number of aromatic nitrogens is 2. The predicted octanol–water partition coefficient (Wildman–Crippen LogP) is 2.66. The Morgan fingerprint density at radius 1 is 1.20 bits per heavy atom. The van der Waals surface area contributed by atoms with E-state index in [0.29, 0.717) is 23.3 Å². The molecule has 3 aromatic rings. The summed E-state index contributed by atoms with van der Waals surface area (Å²) in [6.45, 7) is 0.522. The summed E-state index contributed by atoms with van der Waals surface area (Å²) in [5.41, 5.74) is 1.16. The van der Waals surface area contributed by atoms with Gasteiger partial charge in [0.1, 0.15) is 5.82 Å². The van der Waals surface area contributed by atoms with Crippen LogP contribution in [0.1, 0.15) is 12.2 Å². The third-order valence-corrected chi connectivity index (χ3v) is 6.03. The zero-order valence-electron chi connectivity index (χ0n) is 16.8. The van der Waals surface area contributed by atoms with Crippen molar-refractivity contribution in [2.24, 2.45) is 5.92 Å². The first-order chi connectivity index (χ1) is 14.5. The number of nitrogens with one attached hydrogen (secondary N) is 1. The molecule has 8 heteroatoms. The second-order valence-electron chi connectivity index (χ2n) is 7.33. The molecule has 0 aliphatic carbocycles. The minimum atomic E-state index is -0.421. The van der Waals surface area contributed by atoms with Crippen molar-refractivity contribution < 1.29 is 9.59 Å². The summed E-state index contributed by atoms with van der Waals surface area (Å²) >= 11 is 1.64. The van der Waals surface area contributed by atoms with Gasteiger partial charge in [-0.05, 0) is 42.7 Å². The van der Waals surface area contributed by atoms with E-state index < -0.39 is 5.92 Å². The van der Waals surface area contributed by atoms with E-state index >= 15 is 0 Å². The Morgan fingerprint density at radius 2 is 1.93 bits per heavy atom. The Bertz CT molecular complexity index is 1160. The Hall–Kier alpha value is -3.13. The summed E-state index contributed by atoms with van der Waals surface area (Å²) in [7, 11) is 1.66. The van der Waals surface area contributed by atoms with Crippen molar-refractivity contribution in [3.8, 4) is 0 Å². The van der Waals surface area contributed by atoms with Crippen LogP contribution in [0.4, 0.5) is 5.69 Å². The number of rotatable bonds is 5. The molecule has 154 valence electrons. The maximum absolute atomic E-state index is 12.9. The SMILES string of the molecule is CSc1ccc(N2C[C@@H](C(=O)N(C)Cc3nc4ccccc4c(=O)[nH]3)CC2=O)cc1. The standard InChI is InChI=1S/C22H22N4O3S/c1-25(13-19-23-18-6-4-3-5-17(18)21(28)24-19)22(29)14-11-20(27)26(12-14)15-7-9-16(30-2)10-8-15/h3-10,14H,11-13H2,1-2H3,(H,23,24,28)/t14-/m0/s1. The van der Waals surface area contributed by atoms with Gasteiger partial charge in [-0.15, -0.1) is 11.8 Å². The van der Waals surface area contributed by atoms with Crippen molar-refractivity contribution in [3.63, 3.8) is 0 Å². The van der Waals surface area contributed by atoms with Crippen LogP contribution in [0.5, 0.6) is 0 Å².